The second-order valence-corrected chi connectivity index (χ2v) is 7.23. The first-order chi connectivity index (χ1) is 11.7. The molecule has 5 heteroatoms. The van der Waals surface area contributed by atoms with E-state index in [1.807, 2.05) is 36.2 Å². The normalized spacial score (nSPS) is 25.8. The van der Waals surface area contributed by atoms with Gasteiger partial charge < -0.3 is 4.90 Å². The van der Waals surface area contributed by atoms with E-state index < -0.39 is 0 Å². The van der Waals surface area contributed by atoms with Crippen LogP contribution in [0.2, 0.25) is 5.02 Å². The second-order valence-electron chi connectivity index (χ2n) is 6.79. The highest BCUT2D eigenvalue weighted by Gasteiger charge is 2.57. The monoisotopic (exact) mass is 341 g/mol. The van der Waals surface area contributed by atoms with Crippen LogP contribution in [0.25, 0.3) is 0 Å². The minimum atomic E-state index is -0.280. The molecule has 0 radical (unpaired) electrons. The molecule has 24 heavy (non-hydrogen) atoms. The van der Waals surface area contributed by atoms with Gasteiger partial charge in [-0.05, 0) is 48.4 Å². The van der Waals surface area contributed by atoms with Crippen molar-refractivity contribution in [2.45, 2.75) is 25.3 Å². The number of rotatable bonds is 4. The number of amides is 1. The SMILES string of the molecule is CN(C(=O)C1C2CCCC21)C(c1ccc(Cl)cc1)c1ncccn1. The molecule has 0 bridgehead atoms. The molecule has 2 aliphatic carbocycles. The minimum Gasteiger partial charge on any atom is -0.331 e. The van der Waals surface area contributed by atoms with Crippen molar-refractivity contribution in [2.75, 3.05) is 7.05 Å². The highest BCUT2D eigenvalue weighted by Crippen LogP contribution is 2.58. The Bertz CT molecular complexity index is 724. The molecule has 4 nitrogen and oxygen atoms in total. The maximum Gasteiger partial charge on any atom is 0.226 e. The van der Waals surface area contributed by atoms with Crippen LogP contribution in [0.5, 0.6) is 0 Å². The smallest absolute Gasteiger partial charge is 0.226 e. The van der Waals surface area contributed by atoms with Crippen LogP contribution in [-0.4, -0.2) is 27.8 Å². The summed E-state index contributed by atoms with van der Waals surface area (Å²) in [6, 6.07) is 9.09. The van der Waals surface area contributed by atoms with Gasteiger partial charge in [0.1, 0.15) is 6.04 Å². The average Bonchev–Trinajstić information content (AvgIpc) is 3.08. The molecular weight excluding hydrogens is 322 g/mol. The van der Waals surface area contributed by atoms with E-state index >= 15 is 0 Å². The predicted octanol–water partition coefficient (Wildman–Crippen LogP) is 3.72. The zero-order chi connectivity index (χ0) is 16.7. The molecule has 0 N–H and O–H groups in total. The van der Waals surface area contributed by atoms with E-state index in [4.69, 9.17) is 11.6 Å². The molecule has 0 spiro atoms. The lowest BCUT2D eigenvalue weighted by Crippen LogP contribution is -2.35. The third kappa shape index (κ3) is 2.69. The molecule has 124 valence electrons. The van der Waals surface area contributed by atoms with Crippen LogP contribution >= 0.6 is 11.6 Å². The van der Waals surface area contributed by atoms with Gasteiger partial charge in [-0.2, -0.15) is 0 Å². The van der Waals surface area contributed by atoms with Crippen molar-refractivity contribution < 1.29 is 4.79 Å². The van der Waals surface area contributed by atoms with Gasteiger partial charge in [-0.15, -0.1) is 0 Å². The summed E-state index contributed by atoms with van der Waals surface area (Å²) >= 11 is 6.02. The molecule has 1 heterocycles. The van der Waals surface area contributed by atoms with Crippen molar-refractivity contribution in [2.24, 2.45) is 17.8 Å². The lowest BCUT2D eigenvalue weighted by atomic mass is 10.0. The standard InChI is InChI=1S/C19H20ClN3O/c1-23(19(24)16-14-4-2-5-15(14)16)17(18-21-10-3-11-22-18)12-6-8-13(20)9-7-12/h3,6-11,14-17H,2,4-5H2,1H3. The Kier molecular flexibility index (Phi) is 4.01. The number of carbonyl (C=O) groups excluding carboxylic acids is 1. The van der Waals surface area contributed by atoms with E-state index in [1.165, 1.54) is 19.3 Å². The first kappa shape index (κ1) is 15.6. The van der Waals surface area contributed by atoms with Gasteiger partial charge in [-0.25, -0.2) is 9.97 Å². The fraction of sp³-hybridized carbons (Fsp3) is 0.421. The predicted molar refractivity (Wildman–Crippen MR) is 92.4 cm³/mol. The molecule has 1 aromatic carbocycles. The number of aromatic nitrogens is 2. The van der Waals surface area contributed by atoms with E-state index in [0.717, 1.165) is 5.56 Å². The Labute approximate surface area is 146 Å². The van der Waals surface area contributed by atoms with Crippen LogP contribution in [0, 0.1) is 17.8 Å². The lowest BCUT2D eigenvalue weighted by Gasteiger charge is -2.28. The minimum absolute atomic E-state index is 0.197. The maximum absolute atomic E-state index is 13.0. The summed E-state index contributed by atoms with van der Waals surface area (Å²) in [7, 11) is 1.87. The Morgan fingerprint density at radius 2 is 1.79 bits per heavy atom. The molecule has 3 atom stereocenters. The van der Waals surface area contributed by atoms with Gasteiger partial charge in [0.25, 0.3) is 0 Å². The van der Waals surface area contributed by atoms with Crippen LogP contribution in [0.1, 0.15) is 36.7 Å². The van der Waals surface area contributed by atoms with Gasteiger partial charge in [-0.3, -0.25) is 4.79 Å². The largest absolute Gasteiger partial charge is 0.331 e. The highest BCUT2D eigenvalue weighted by atomic mass is 35.5. The summed E-state index contributed by atoms with van der Waals surface area (Å²) in [5.41, 5.74) is 0.979. The maximum atomic E-state index is 13.0. The van der Waals surface area contributed by atoms with E-state index in [0.29, 0.717) is 22.7 Å². The molecule has 2 aromatic rings. The zero-order valence-electron chi connectivity index (χ0n) is 13.6. The molecule has 4 rings (SSSR count). The van der Waals surface area contributed by atoms with Crippen LogP contribution in [-0.2, 0) is 4.79 Å². The summed E-state index contributed by atoms with van der Waals surface area (Å²) in [5.74, 6) is 2.26. The summed E-state index contributed by atoms with van der Waals surface area (Å²) in [6.07, 6.45) is 7.10. The van der Waals surface area contributed by atoms with Crippen LogP contribution in [0.15, 0.2) is 42.7 Å². The van der Waals surface area contributed by atoms with Crippen molar-refractivity contribution >= 4 is 17.5 Å². The van der Waals surface area contributed by atoms with Crippen molar-refractivity contribution in [3.05, 3.63) is 59.1 Å². The highest BCUT2D eigenvalue weighted by molar-refractivity contribution is 6.30. The molecule has 2 saturated carbocycles. The number of halogens is 1. The number of nitrogens with zero attached hydrogens (tertiary/aromatic N) is 3. The van der Waals surface area contributed by atoms with Crippen molar-refractivity contribution in [3.63, 3.8) is 0 Å². The molecule has 1 amide bonds. The van der Waals surface area contributed by atoms with Crippen molar-refractivity contribution in [3.8, 4) is 0 Å². The second kappa shape index (κ2) is 6.17. The molecular formula is C19H20ClN3O. The van der Waals surface area contributed by atoms with Gasteiger partial charge in [0.05, 0.1) is 0 Å². The van der Waals surface area contributed by atoms with Gasteiger partial charge in [0.15, 0.2) is 5.82 Å². The molecule has 2 aliphatic rings. The number of benzene rings is 1. The number of hydrogen-bond acceptors (Lipinski definition) is 3. The lowest BCUT2D eigenvalue weighted by molar-refractivity contribution is -0.133. The fourth-order valence-electron chi connectivity index (χ4n) is 4.19. The Hall–Kier alpha value is -1.94. The fourth-order valence-corrected chi connectivity index (χ4v) is 4.32. The quantitative estimate of drug-likeness (QED) is 0.851. The van der Waals surface area contributed by atoms with Crippen molar-refractivity contribution in [1.29, 1.82) is 0 Å². The molecule has 0 saturated heterocycles. The third-order valence-electron chi connectivity index (χ3n) is 5.44. The number of fused-ring (bicyclic) bond motifs is 1. The Balaban J connectivity index is 1.64. The van der Waals surface area contributed by atoms with E-state index in [9.17, 15) is 4.79 Å². The Morgan fingerprint density at radius 3 is 2.42 bits per heavy atom. The number of carbonyl (C=O) groups is 1. The zero-order valence-corrected chi connectivity index (χ0v) is 14.4. The summed E-state index contributed by atoms with van der Waals surface area (Å²) in [6.45, 7) is 0. The Morgan fingerprint density at radius 1 is 1.17 bits per heavy atom. The number of hydrogen-bond donors (Lipinski definition) is 0. The molecule has 0 aliphatic heterocycles. The van der Waals surface area contributed by atoms with Crippen molar-refractivity contribution in [1.82, 2.24) is 14.9 Å². The molecule has 1 aromatic heterocycles. The van der Waals surface area contributed by atoms with Gasteiger partial charge >= 0.3 is 0 Å². The average molecular weight is 342 g/mol. The van der Waals surface area contributed by atoms with E-state index in [-0.39, 0.29) is 17.9 Å². The summed E-state index contributed by atoms with van der Waals surface area (Å²) in [5, 5.41) is 0.678. The summed E-state index contributed by atoms with van der Waals surface area (Å²) in [4.78, 5) is 23.6. The van der Waals surface area contributed by atoms with Gasteiger partial charge in [0.2, 0.25) is 5.91 Å². The first-order valence-corrected chi connectivity index (χ1v) is 8.83. The van der Waals surface area contributed by atoms with Crippen LogP contribution in [0.3, 0.4) is 0 Å². The third-order valence-corrected chi connectivity index (χ3v) is 5.69. The molecule has 2 fully saturated rings. The van der Waals surface area contributed by atoms with Crippen LogP contribution < -0.4 is 0 Å². The molecule has 3 unspecified atom stereocenters. The summed E-state index contributed by atoms with van der Waals surface area (Å²) < 4.78 is 0. The van der Waals surface area contributed by atoms with Crippen LogP contribution in [0.4, 0.5) is 0 Å². The van der Waals surface area contributed by atoms with Gasteiger partial charge in [-0.1, -0.05) is 30.2 Å². The van der Waals surface area contributed by atoms with E-state index in [1.54, 1.807) is 18.5 Å². The van der Waals surface area contributed by atoms with Gasteiger partial charge in [0, 0.05) is 30.4 Å². The van der Waals surface area contributed by atoms with E-state index in [2.05, 4.69) is 9.97 Å². The topological polar surface area (TPSA) is 46.1 Å². The first-order valence-electron chi connectivity index (χ1n) is 8.46.